The maximum absolute atomic E-state index is 12.2. The van der Waals surface area contributed by atoms with Crippen molar-refractivity contribution in [3.8, 4) is 5.75 Å². The summed E-state index contributed by atoms with van der Waals surface area (Å²) in [4.78, 5) is 34.7. The van der Waals surface area contributed by atoms with Crippen LogP contribution in [0.4, 0.5) is 0 Å². The Morgan fingerprint density at radius 3 is 2.38 bits per heavy atom. The third-order valence-corrected chi connectivity index (χ3v) is 4.44. The van der Waals surface area contributed by atoms with Crippen molar-refractivity contribution in [1.82, 2.24) is 14.3 Å². The van der Waals surface area contributed by atoms with E-state index in [0.29, 0.717) is 24.5 Å². The number of methoxy groups -OCH3 is 1. The van der Waals surface area contributed by atoms with E-state index in [9.17, 15) is 14.4 Å². The van der Waals surface area contributed by atoms with Crippen LogP contribution < -0.4 is 10.4 Å². The lowest BCUT2D eigenvalue weighted by molar-refractivity contribution is -0.156. The normalized spacial score (nSPS) is 11.3. The number of carboxylic acids is 1. The van der Waals surface area contributed by atoms with Gasteiger partial charge in [-0.3, -0.25) is 9.36 Å². The average molecular weight is 405 g/mol. The van der Waals surface area contributed by atoms with Crippen LogP contribution in [0.2, 0.25) is 0 Å². The second-order valence-corrected chi connectivity index (χ2v) is 7.10. The zero-order chi connectivity index (χ0) is 21.6. The van der Waals surface area contributed by atoms with E-state index in [-0.39, 0.29) is 0 Å². The standard InChI is InChI=1S/C20H27N3O6/c1-5-22-16(21-23(19(22)27)13-17(24)25)8-6-7-14-9-11-15(12-10-14)29-20(2,3)18(26)28-4/h9-12H,5-8,13H2,1-4H3,(H,24,25). The van der Waals surface area contributed by atoms with Crippen molar-refractivity contribution in [3.05, 3.63) is 46.1 Å². The van der Waals surface area contributed by atoms with Crippen LogP contribution >= 0.6 is 0 Å². The highest BCUT2D eigenvalue weighted by Crippen LogP contribution is 2.20. The number of hydrogen-bond donors (Lipinski definition) is 1. The van der Waals surface area contributed by atoms with Crippen LogP contribution in [0.3, 0.4) is 0 Å². The van der Waals surface area contributed by atoms with Crippen molar-refractivity contribution in [2.24, 2.45) is 0 Å². The van der Waals surface area contributed by atoms with Gasteiger partial charge >= 0.3 is 17.6 Å². The van der Waals surface area contributed by atoms with E-state index in [0.717, 1.165) is 23.1 Å². The molecule has 9 heteroatoms. The van der Waals surface area contributed by atoms with Crippen LogP contribution in [0.1, 0.15) is 38.6 Å². The second-order valence-electron chi connectivity index (χ2n) is 7.10. The molecule has 0 amide bonds. The number of carbonyl (C=O) groups excluding carboxylic acids is 1. The summed E-state index contributed by atoms with van der Waals surface area (Å²) in [5.74, 6) is -0.405. The van der Waals surface area contributed by atoms with E-state index >= 15 is 0 Å². The lowest BCUT2D eigenvalue weighted by Gasteiger charge is -2.23. The Hall–Kier alpha value is -3.10. The molecule has 9 nitrogen and oxygen atoms in total. The van der Waals surface area contributed by atoms with Crippen LogP contribution in [-0.2, 0) is 40.3 Å². The summed E-state index contributed by atoms with van der Waals surface area (Å²) < 4.78 is 12.9. The maximum atomic E-state index is 12.2. The van der Waals surface area contributed by atoms with Gasteiger partial charge in [0.1, 0.15) is 18.1 Å². The predicted molar refractivity (Wildman–Crippen MR) is 105 cm³/mol. The summed E-state index contributed by atoms with van der Waals surface area (Å²) in [5, 5.41) is 13.0. The van der Waals surface area contributed by atoms with Crippen LogP contribution in [0, 0.1) is 0 Å². The lowest BCUT2D eigenvalue weighted by Crippen LogP contribution is -2.39. The molecular formula is C20H27N3O6. The largest absolute Gasteiger partial charge is 0.480 e. The van der Waals surface area contributed by atoms with Gasteiger partial charge in [-0.1, -0.05) is 12.1 Å². The summed E-state index contributed by atoms with van der Waals surface area (Å²) >= 11 is 0. The van der Waals surface area contributed by atoms with Crippen molar-refractivity contribution >= 4 is 11.9 Å². The van der Waals surface area contributed by atoms with E-state index in [2.05, 4.69) is 5.10 Å². The van der Waals surface area contributed by atoms with E-state index < -0.39 is 29.8 Å². The third kappa shape index (κ3) is 5.69. The molecule has 1 aromatic heterocycles. The predicted octanol–water partition coefficient (Wildman–Crippen LogP) is 1.66. The van der Waals surface area contributed by atoms with Gasteiger partial charge in [-0.25, -0.2) is 14.3 Å². The first-order chi connectivity index (χ1) is 13.7. The summed E-state index contributed by atoms with van der Waals surface area (Å²) in [7, 11) is 1.32. The molecule has 29 heavy (non-hydrogen) atoms. The smallest absolute Gasteiger partial charge is 0.349 e. The van der Waals surface area contributed by atoms with Crippen LogP contribution in [0.5, 0.6) is 5.75 Å². The minimum atomic E-state index is -1.10. The SMILES string of the molecule is CCn1c(CCCc2ccc(OC(C)(C)C(=O)OC)cc2)nn(CC(=O)O)c1=O. The first kappa shape index (κ1) is 22.2. The number of aliphatic carboxylic acids is 1. The second kappa shape index (κ2) is 9.40. The monoisotopic (exact) mass is 405 g/mol. The molecule has 0 saturated carbocycles. The Morgan fingerprint density at radius 2 is 1.83 bits per heavy atom. The Kier molecular flexibility index (Phi) is 7.19. The van der Waals surface area contributed by atoms with Gasteiger partial charge < -0.3 is 14.6 Å². The van der Waals surface area contributed by atoms with Crippen molar-refractivity contribution in [3.63, 3.8) is 0 Å². The summed E-state index contributed by atoms with van der Waals surface area (Å²) in [5.41, 5.74) is -0.405. The van der Waals surface area contributed by atoms with Crippen molar-refractivity contribution in [2.75, 3.05) is 7.11 Å². The number of nitrogens with zero attached hydrogens (tertiary/aromatic N) is 3. The van der Waals surface area contributed by atoms with Crippen molar-refractivity contribution in [1.29, 1.82) is 0 Å². The molecule has 158 valence electrons. The molecule has 2 aromatic rings. The van der Waals surface area contributed by atoms with Gasteiger partial charge in [-0.2, -0.15) is 5.10 Å². The lowest BCUT2D eigenvalue weighted by atomic mass is 10.1. The number of esters is 1. The quantitative estimate of drug-likeness (QED) is 0.598. The minimum absolute atomic E-state index is 0.403. The third-order valence-electron chi connectivity index (χ3n) is 4.44. The molecule has 0 spiro atoms. The Balaban J connectivity index is 1.97. The van der Waals surface area contributed by atoms with Gasteiger partial charge in [0.05, 0.1) is 7.11 Å². The van der Waals surface area contributed by atoms with Gasteiger partial charge in [0, 0.05) is 13.0 Å². The molecule has 0 saturated heterocycles. The number of carbonyl (C=O) groups is 2. The topological polar surface area (TPSA) is 113 Å². The molecular weight excluding hydrogens is 378 g/mol. The molecule has 0 radical (unpaired) electrons. The fraction of sp³-hybridized carbons (Fsp3) is 0.500. The molecule has 2 rings (SSSR count). The van der Waals surface area contributed by atoms with Crippen LogP contribution in [0.15, 0.2) is 29.1 Å². The molecule has 0 unspecified atom stereocenters. The number of ether oxygens (including phenoxy) is 2. The molecule has 0 atom stereocenters. The van der Waals surface area contributed by atoms with Crippen LogP contribution in [0.25, 0.3) is 0 Å². The Bertz CT molecular complexity index is 911. The first-order valence-corrected chi connectivity index (χ1v) is 9.42. The maximum Gasteiger partial charge on any atom is 0.349 e. The molecule has 0 aliphatic rings. The highest BCUT2D eigenvalue weighted by atomic mass is 16.6. The number of aryl methyl sites for hydroxylation is 2. The molecule has 1 N–H and O–H groups in total. The highest BCUT2D eigenvalue weighted by Gasteiger charge is 2.30. The van der Waals surface area contributed by atoms with E-state index in [4.69, 9.17) is 14.6 Å². The van der Waals surface area contributed by atoms with Gasteiger partial charge in [0.25, 0.3) is 0 Å². The van der Waals surface area contributed by atoms with Gasteiger partial charge in [-0.05, 0) is 51.3 Å². The Labute approximate surface area is 168 Å². The van der Waals surface area contributed by atoms with Gasteiger partial charge in [0.2, 0.25) is 0 Å². The van der Waals surface area contributed by atoms with Crippen molar-refractivity contribution < 1.29 is 24.2 Å². The zero-order valence-electron chi connectivity index (χ0n) is 17.2. The van der Waals surface area contributed by atoms with Gasteiger partial charge in [0.15, 0.2) is 5.60 Å². The number of hydrogen-bond acceptors (Lipinski definition) is 6. The molecule has 0 fully saturated rings. The summed E-state index contributed by atoms with van der Waals surface area (Å²) in [6.45, 7) is 5.11. The van der Waals surface area contributed by atoms with E-state index in [1.807, 2.05) is 19.1 Å². The van der Waals surface area contributed by atoms with Gasteiger partial charge in [-0.15, -0.1) is 0 Å². The number of rotatable bonds is 10. The molecule has 1 heterocycles. The number of carboxylic acid groups (broad SMARTS) is 1. The molecule has 0 bridgehead atoms. The Morgan fingerprint density at radius 1 is 1.17 bits per heavy atom. The number of aromatic nitrogens is 3. The fourth-order valence-electron chi connectivity index (χ4n) is 2.98. The molecule has 0 aliphatic carbocycles. The zero-order valence-corrected chi connectivity index (χ0v) is 17.2. The fourth-order valence-corrected chi connectivity index (χ4v) is 2.98. The molecule has 1 aromatic carbocycles. The first-order valence-electron chi connectivity index (χ1n) is 9.42. The van der Waals surface area contributed by atoms with Crippen LogP contribution in [-0.4, -0.2) is 44.1 Å². The summed E-state index contributed by atoms with van der Waals surface area (Å²) in [6, 6.07) is 7.42. The molecule has 0 aliphatic heterocycles. The number of benzene rings is 1. The van der Waals surface area contributed by atoms with Crippen molar-refractivity contribution in [2.45, 2.75) is 58.7 Å². The minimum Gasteiger partial charge on any atom is -0.480 e. The highest BCUT2D eigenvalue weighted by molar-refractivity contribution is 5.78. The summed E-state index contributed by atoms with van der Waals surface area (Å²) in [6.07, 6.45) is 2.06. The average Bonchev–Trinajstić information content (AvgIpc) is 2.96. The van der Waals surface area contributed by atoms with E-state index in [1.165, 1.54) is 11.7 Å². The van der Waals surface area contributed by atoms with E-state index in [1.54, 1.807) is 26.0 Å².